The molecular formula is C21H26Cl2N2O3S2. The SMILES string of the molecule is CC(C)c1ccccc1N(CC(=O)NCCSCc1c(Cl)cccc1Cl)S(C)(=O)=O. The molecule has 0 aliphatic carbocycles. The van der Waals surface area contributed by atoms with Crippen LogP contribution in [0.25, 0.3) is 0 Å². The fraction of sp³-hybridized carbons (Fsp3) is 0.381. The van der Waals surface area contributed by atoms with Crippen LogP contribution in [0.3, 0.4) is 0 Å². The largest absolute Gasteiger partial charge is 0.354 e. The molecule has 0 heterocycles. The molecule has 2 aromatic rings. The number of thioether (sulfide) groups is 1. The minimum Gasteiger partial charge on any atom is -0.354 e. The van der Waals surface area contributed by atoms with E-state index in [1.165, 1.54) is 0 Å². The predicted molar refractivity (Wildman–Crippen MR) is 128 cm³/mol. The number of benzene rings is 2. The number of nitrogens with one attached hydrogen (secondary N) is 1. The van der Waals surface area contributed by atoms with E-state index in [9.17, 15) is 13.2 Å². The summed E-state index contributed by atoms with van der Waals surface area (Å²) in [6.07, 6.45) is 1.11. The lowest BCUT2D eigenvalue weighted by atomic mass is 10.0. The third kappa shape index (κ3) is 7.08. The highest BCUT2D eigenvalue weighted by Crippen LogP contribution is 2.29. The van der Waals surface area contributed by atoms with Crippen molar-refractivity contribution in [1.29, 1.82) is 0 Å². The second-order valence-corrected chi connectivity index (χ2v) is 10.9. The molecule has 2 rings (SSSR count). The number of halogens is 2. The number of sulfonamides is 1. The van der Waals surface area contributed by atoms with E-state index in [0.717, 1.165) is 21.7 Å². The van der Waals surface area contributed by atoms with Gasteiger partial charge in [-0.2, -0.15) is 11.8 Å². The van der Waals surface area contributed by atoms with Crippen molar-refractivity contribution in [3.05, 3.63) is 63.6 Å². The number of nitrogens with zero attached hydrogens (tertiary/aromatic N) is 1. The van der Waals surface area contributed by atoms with Crippen molar-refractivity contribution in [1.82, 2.24) is 5.32 Å². The van der Waals surface area contributed by atoms with Gasteiger partial charge in [0.2, 0.25) is 15.9 Å². The van der Waals surface area contributed by atoms with Crippen molar-refractivity contribution < 1.29 is 13.2 Å². The monoisotopic (exact) mass is 488 g/mol. The lowest BCUT2D eigenvalue weighted by Crippen LogP contribution is -2.41. The number of amides is 1. The Labute approximate surface area is 193 Å². The van der Waals surface area contributed by atoms with Crippen molar-refractivity contribution in [3.63, 3.8) is 0 Å². The minimum atomic E-state index is -3.61. The summed E-state index contributed by atoms with van der Waals surface area (Å²) in [5.74, 6) is 1.05. The van der Waals surface area contributed by atoms with E-state index in [-0.39, 0.29) is 18.4 Å². The van der Waals surface area contributed by atoms with E-state index < -0.39 is 10.0 Å². The molecule has 1 amide bonds. The van der Waals surface area contributed by atoms with Gasteiger partial charge in [-0.15, -0.1) is 0 Å². The third-order valence-corrected chi connectivity index (χ3v) is 7.21. The van der Waals surface area contributed by atoms with Crippen molar-refractivity contribution >= 4 is 56.6 Å². The predicted octanol–water partition coefficient (Wildman–Crippen LogP) is 4.93. The summed E-state index contributed by atoms with van der Waals surface area (Å²) >= 11 is 13.9. The number of para-hydroxylation sites is 1. The Morgan fingerprint density at radius 1 is 1.10 bits per heavy atom. The number of carbonyl (C=O) groups is 1. The van der Waals surface area contributed by atoms with Gasteiger partial charge >= 0.3 is 0 Å². The van der Waals surface area contributed by atoms with Gasteiger partial charge in [0.1, 0.15) is 6.54 Å². The van der Waals surface area contributed by atoms with Gasteiger partial charge in [0.25, 0.3) is 0 Å². The van der Waals surface area contributed by atoms with Crippen LogP contribution in [-0.2, 0) is 20.6 Å². The molecule has 9 heteroatoms. The molecule has 5 nitrogen and oxygen atoms in total. The molecule has 0 fully saturated rings. The van der Waals surface area contributed by atoms with Gasteiger partial charge in [0.05, 0.1) is 11.9 Å². The Morgan fingerprint density at radius 2 is 1.73 bits per heavy atom. The van der Waals surface area contributed by atoms with E-state index in [2.05, 4.69) is 5.32 Å². The van der Waals surface area contributed by atoms with E-state index in [4.69, 9.17) is 23.2 Å². The van der Waals surface area contributed by atoms with Crippen molar-refractivity contribution in [2.24, 2.45) is 0 Å². The smallest absolute Gasteiger partial charge is 0.240 e. The van der Waals surface area contributed by atoms with Crippen molar-refractivity contribution in [2.75, 3.05) is 29.4 Å². The fourth-order valence-electron chi connectivity index (χ4n) is 2.88. The molecular weight excluding hydrogens is 463 g/mol. The molecule has 0 spiro atoms. The standard InChI is InChI=1S/C21H26Cl2N2O3S2/c1-15(2)16-7-4-5-10-20(16)25(30(3,27)28)13-21(26)24-11-12-29-14-17-18(22)8-6-9-19(17)23/h4-10,15H,11-14H2,1-3H3,(H,24,26). The third-order valence-electron chi connectivity index (χ3n) is 4.39. The summed E-state index contributed by atoms with van der Waals surface area (Å²) in [5.41, 5.74) is 2.28. The summed E-state index contributed by atoms with van der Waals surface area (Å²) in [4.78, 5) is 12.4. The zero-order valence-electron chi connectivity index (χ0n) is 17.2. The topological polar surface area (TPSA) is 66.5 Å². The van der Waals surface area contributed by atoms with Crippen molar-refractivity contribution in [2.45, 2.75) is 25.5 Å². The van der Waals surface area contributed by atoms with Gasteiger partial charge in [0.15, 0.2) is 0 Å². The minimum absolute atomic E-state index is 0.126. The summed E-state index contributed by atoms with van der Waals surface area (Å²) in [5, 5.41) is 4.02. The molecule has 2 aromatic carbocycles. The van der Waals surface area contributed by atoms with Crippen LogP contribution in [0.4, 0.5) is 5.69 Å². The molecule has 164 valence electrons. The van der Waals surface area contributed by atoms with E-state index in [1.807, 2.05) is 26.0 Å². The first kappa shape index (κ1) is 24.9. The van der Waals surface area contributed by atoms with Crippen LogP contribution in [0.1, 0.15) is 30.9 Å². The number of hydrogen-bond donors (Lipinski definition) is 1. The Morgan fingerprint density at radius 3 is 2.33 bits per heavy atom. The molecule has 0 aliphatic heterocycles. The van der Waals surface area contributed by atoms with Crippen LogP contribution < -0.4 is 9.62 Å². The normalized spacial score (nSPS) is 11.5. The number of rotatable bonds is 10. The average molecular weight is 489 g/mol. The molecule has 0 saturated carbocycles. The Hall–Kier alpha value is -1.41. The summed E-state index contributed by atoms with van der Waals surface area (Å²) in [7, 11) is -3.61. The van der Waals surface area contributed by atoms with Gasteiger partial charge in [-0.1, -0.05) is 61.3 Å². The highest BCUT2D eigenvalue weighted by Gasteiger charge is 2.23. The van der Waals surface area contributed by atoms with Crippen LogP contribution >= 0.6 is 35.0 Å². The second-order valence-electron chi connectivity index (χ2n) is 7.09. The number of hydrogen-bond acceptors (Lipinski definition) is 4. The van der Waals surface area contributed by atoms with Crippen LogP contribution in [0.15, 0.2) is 42.5 Å². The maximum absolute atomic E-state index is 12.4. The Bertz CT molecular complexity index is 962. The van der Waals surface area contributed by atoms with Crippen LogP contribution in [0.2, 0.25) is 10.0 Å². The molecule has 0 unspecified atom stereocenters. The first-order chi connectivity index (χ1) is 14.1. The van der Waals surface area contributed by atoms with E-state index in [1.54, 1.807) is 42.1 Å². The quantitative estimate of drug-likeness (QED) is 0.481. The molecule has 0 atom stereocenters. The molecule has 30 heavy (non-hydrogen) atoms. The maximum atomic E-state index is 12.4. The first-order valence-electron chi connectivity index (χ1n) is 9.45. The Balaban J connectivity index is 1.93. The zero-order chi connectivity index (χ0) is 22.3. The van der Waals surface area contributed by atoms with Gasteiger partial charge in [-0.05, 0) is 35.2 Å². The fourth-order valence-corrected chi connectivity index (χ4v) is 5.35. The Kier molecular flexibility index (Phi) is 9.34. The number of anilines is 1. The lowest BCUT2D eigenvalue weighted by molar-refractivity contribution is -0.119. The van der Waals surface area contributed by atoms with Crippen molar-refractivity contribution in [3.8, 4) is 0 Å². The van der Waals surface area contributed by atoms with Gasteiger partial charge in [-0.3, -0.25) is 9.10 Å². The van der Waals surface area contributed by atoms with Gasteiger partial charge in [0, 0.05) is 28.1 Å². The lowest BCUT2D eigenvalue weighted by Gasteiger charge is -2.25. The maximum Gasteiger partial charge on any atom is 0.240 e. The molecule has 0 saturated heterocycles. The molecule has 0 bridgehead atoms. The highest BCUT2D eigenvalue weighted by molar-refractivity contribution is 7.98. The highest BCUT2D eigenvalue weighted by atomic mass is 35.5. The van der Waals surface area contributed by atoms with Gasteiger partial charge < -0.3 is 5.32 Å². The van der Waals surface area contributed by atoms with Crippen LogP contribution in [-0.4, -0.2) is 39.4 Å². The van der Waals surface area contributed by atoms with Gasteiger partial charge in [-0.25, -0.2) is 8.42 Å². The summed E-state index contributed by atoms with van der Waals surface area (Å²) in [6.45, 7) is 4.13. The summed E-state index contributed by atoms with van der Waals surface area (Å²) < 4.78 is 25.9. The second kappa shape index (κ2) is 11.3. The average Bonchev–Trinajstić information content (AvgIpc) is 2.67. The van der Waals surface area contributed by atoms with E-state index in [0.29, 0.717) is 33.8 Å². The van der Waals surface area contributed by atoms with Crippen LogP contribution in [0, 0.1) is 0 Å². The summed E-state index contributed by atoms with van der Waals surface area (Å²) in [6, 6.07) is 12.6. The zero-order valence-corrected chi connectivity index (χ0v) is 20.3. The molecule has 1 N–H and O–H groups in total. The van der Waals surface area contributed by atoms with Crippen LogP contribution in [0.5, 0.6) is 0 Å². The molecule has 0 aliphatic rings. The van der Waals surface area contributed by atoms with E-state index >= 15 is 0 Å². The molecule has 0 aromatic heterocycles. The first-order valence-corrected chi connectivity index (χ1v) is 13.2. The number of carbonyl (C=O) groups excluding carboxylic acids is 1. The molecule has 0 radical (unpaired) electrons.